The van der Waals surface area contributed by atoms with Crippen molar-refractivity contribution < 1.29 is 0 Å². The minimum atomic E-state index is -0.0386. The molecule has 5 rings (SSSR count). The van der Waals surface area contributed by atoms with Gasteiger partial charge in [0.25, 0.3) is 5.56 Å². The molecule has 0 unspecified atom stereocenters. The number of aryl methyl sites for hydroxylation is 1. The van der Waals surface area contributed by atoms with Crippen molar-refractivity contribution in [2.45, 2.75) is 26.4 Å². The van der Waals surface area contributed by atoms with Crippen molar-refractivity contribution in [1.29, 1.82) is 0 Å². The lowest BCUT2D eigenvalue weighted by molar-refractivity contribution is 0.244. The number of pyridine rings is 1. The van der Waals surface area contributed by atoms with E-state index in [-0.39, 0.29) is 5.56 Å². The third-order valence-corrected chi connectivity index (χ3v) is 6.66. The molecule has 0 saturated heterocycles. The van der Waals surface area contributed by atoms with Crippen molar-refractivity contribution in [3.05, 3.63) is 93.0 Å². The molecule has 1 aromatic carbocycles. The lowest BCUT2D eigenvalue weighted by Gasteiger charge is -2.27. The van der Waals surface area contributed by atoms with Crippen molar-refractivity contribution in [3.63, 3.8) is 0 Å². The zero-order chi connectivity index (χ0) is 20.5. The third kappa shape index (κ3) is 3.72. The van der Waals surface area contributed by atoms with E-state index in [9.17, 15) is 4.79 Å². The highest BCUT2D eigenvalue weighted by Crippen LogP contribution is 2.31. The molecular formula is C24H22N4OS. The predicted molar refractivity (Wildman–Crippen MR) is 120 cm³/mol. The second-order valence-corrected chi connectivity index (χ2v) is 8.79. The van der Waals surface area contributed by atoms with E-state index in [0.29, 0.717) is 12.4 Å². The topological polar surface area (TPSA) is 61.9 Å². The van der Waals surface area contributed by atoms with Crippen LogP contribution in [0, 0.1) is 6.92 Å². The molecule has 3 aromatic heterocycles. The fourth-order valence-electron chi connectivity index (χ4n) is 3.94. The summed E-state index contributed by atoms with van der Waals surface area (Å²) in [6, 6.07) is 16.6. The molecule has 0 aliphatic carbocycles. The Kier molecular flexibility index (Phi) is 5.02. The number of hydrogen-bond donors (Lipinski definition) is 1. The van der Waals surface area contributed by atoms with Gasteiger partial charge in [-0.05, 0) is 42.3 Å². The van der Waals surface area contributed by atoms with Crippen LogP contribution < -0.4 is 5.56 Å². The first-order chi connectivity index (χ1) is 14.7. The van der Waals surface area contributed by atoms with E-state index in [0.717, 1.165) is 36.3 Å². The molecule has 30 heavy (non-hydrogen) atoms. The highest BCUT2D eigenvalue weighted by Gasteiger charge is 2.22. The minimum Gasteiger partial charge on any atom is -0.306 e. The summed E-state index contributed by atoms with van der Waals surface area (Å²) in [6.45, 7) is 4.53. The van der Waals surface area contributed by atoms with Crippen LogP contribution in [0.2, 0.25) is 0 Å². The summed E-state index contributed by atoms with van der Waals surface area (Å²) in [5, 5.41) is 0. The summed E-state index contributed by atoms with van der Waals surface area (Å²) in [5.74, 6) is 0.621. The number of rotatable bonds is 4. The smallest absolute Gasteiger partial charge is 0.255 e. The zero-order valence-electron chi connectivity index (χ0n) is 16.8. The van der Waals surface area contributed by atoms with Crippen LogP contribution in [0.25, 0.3) is 21.8 Å². The van der Waals surface area contributed by atoms with E-state index in [1.807, 2.05) is 23.5 Å². The molecule has 0 fully saturated rings. The van der Waals surface area contributed by atoms with Gasteiger partial charge in [-0.1, -0.05) is 24.3 Å². The maximum absolute atomic E-state index is 12.7. The molecule has 0 amide bonds. The molecule has 4 heterocycles. The number of nitrogens with zero attached hydrogens (tertiary/aromatic N) is 3. The Balaban J connectivity index is 1.34. The first-order valence-corrected chi connectivity index (χ1v) is 10.9. The number of aromatic nitrogens is 3. The number of H-pyrrole nitrogens is 1. The first-order valence-electron chi connectivity index (χ1n) is 10.1. The van der Waals surface area contributed by atoms with Gasteiger partial charge in [0.15, 0.2) is 0 Å². The Bertz CT molecular complexity index is 1250. The van der Waals surface area contributed by atoms with Crippen molar-refractivity contribution in [2.75, 3.05) is 6.54 Å². The quantitative estimate of drug-likeness (QED) is 0.537. The average Bonchev–Trinajstić information content (AvgIpc) is 3.23. The van der Waals surface area contributed by atoms with Gasteiger partial charge in [0.1, 0.15) is 5.82 Å². The van der Waals surface area contributed by atoms with Crippen molar-refractivity contribution in [3.8, 4) is 21.8 Å². The zero-order valence-corrected chi connectivity index (χ0v) is 17.6. The third-order valence-electron chi connectivity index (χ3n) is 5.55. The first kappa shape index (κ1) is 18.9. The van der Waals surface area contributed by atoms with Gasteiger partial charge in [-0.3, -0.25) is 14.7 Å². The van der Waals surface area contributed by atoms with Crippen LogP contribution >= 0.6 is 11.3 Å². The van der Waals surface area contributed by atoms with Crippen molar-refractivity contribution in [1.82, 2.24) is 19.9 Å². The molecule has 5 nitrogen and oxygen atoms in total. The van der Waals surface area contributed by atoms with Crippen LogP contribution in [0.3, 0.4) is 0 Å². The normalized spacial score (nSPS) is 13.9. The molecule has 0 atom stereocenters. The summed E-state index contributed by atoms with van der Waals surface area (Å²) < 4.78 is 0. The van der Waals surface area contributed by atoms with Gasteiger partial charge in [-0.25, -0.2) is 4.98 Å². The number of fused-ring (bicyclic) bond motifs is 1. The molecule has 0 saturated carbocycles. The predicted octanol–water partition coefficient (Wildman–Crippen LogP) is 4.43. The van der Waals surface area contributed by atoms with E-state index in [4.69, 9.17) is 4.98 Å². The van der Waals surface area contributed by atoms with Crippen LogP contribution in [0.5, 0.6) is 0 Å². The van der Waals surface area contributed by atoms with Crippen molar-refractivity contribution in [2.24, 2.45) is 0 Å². The van der Waals surface area contributed by atoms with Gasteiger partial charge < -0.3 is 4.98 Å². The molecule has 0 spiro atoms. The van der Waals surface area contributed by atoms with E-state index in [1.165, 1.54) is 20.9 Å². The van der Waals surface area contributed by atoms with Crippen LogP contribution in [0.15, 0.2) is 65.7 Å². The highest BCUT2D eigenvalue weighted by molar-refractivity contribution is 7.15. The number of hydrogen-bond acceptors (Lipinski definition) is 5. The molecule has 0 radical (unpaired) electrons. The van der Waals surface area contributed by atoms with E-state index >= 15 is 0 Å². The molecule has 0 bridgehead atoms. The summed E-state index contributed by atoms with van der Waals surface area (Å²) in [7, 11) is 0. The molecule has 1 aliphatic heterocycles. The lowest BCUT2D eigenvalue weighted by atomic mass is 10.1. The molecule has 1 N–H and O–H groups in total. The molecule has 1 aliphatic rings. The number of thiophene rings is 1. The van der Waals surface area contributed by atoms with Gasteiger partial charge in [-0.2, -0.15) is 0 Å². The number of benzene rings is 1. The molecule has 6 heteroatoms. The standard InChI is InChI=1S/C24H22N4OS/c1-16-4-2-3-5-19(16)22-7-6-18(30-22)14-28-13-10-21-20(15-28)24(29)27-23(26-21)17-8-11-25-12-9-17/h2-9,11-12H,10,13-15H2,1H3,(H,26,27,29). The Morgan fingerprint density at radius 3 is 2.77 bits per heavy atom. The van der Waals surface area contributed by atoms with Crippen LogP contribution in [-0.4, -0.2) is 26.4 Å². The van der Waals surface area contributed by atoms with Crippen LogP contribution in [0.4, 0.5) is 0 Å². The second kappa shape index (κ2) is 7.97. The monoisotopic (exact) mass is 414 g/mol. The number of aromatic amines is 1. The number of nitrogens with one attached hydrogen (secondary N) is 1. The van der Waals surface area contributed by atoms with E-state index in [1.54, 1.807) is 12.4 Å². The van der Waals surface area contributed by atoms with Gasteiger partial charge >= 0.3 is 0 Å². The summed E-state index contributed by atoms with van der Waals surface area (Å²) in [5.41, 5.74) is 5.13. The van der Waals surface area contributed by atoms with Gasteiger partial charge in [0.05, 0.1) is 11.3 Å². The fraction of sp³-hybridized carbons (Fsp3) is 0.208. The maximum Gasteiger partial charge on any atom is 0.255 e. The molecule has 4 aromatic rings. The Hall–Kier alpha value is -3.09. The largest absolute Gasteiger partial charge is 0.306 e. The Labute approximate surface area is 179 Å². The summed E-state index contributed by atoms with van der Waals surface area (Å²) in [4.78, 5) is 29.4. The van der Waals surface area contributed by atoms with Gasteiger partial charge in [-0.15, -0.1) is 11.3 Å². The average molecular weight is 415 g/mol. The van der Waals surface area contributed by atoms with Gasteiger partial charge in [0, 0.05) is 53.8 Å². The van der Waals surface area contributed by atoms with E-state index < -0.39 is 0 Å². The van der Waals surface area contributed by atoms with Crippen LogP contribution in [-0.2, 0) is 19.5 Å². The SMILES string of the molecule is Cc1ccccc1-c1ccc(CN2CCc3nc(-c4ccncc4)[nH]c(=O)c3C2)s1. The lowest BCUT2D eigenvalue weighted by Crippen LogP contribution is -2.35. The maximum atomic E-state index is 12.7. The van der Waals surface area contributed by atoms with E-state index in [2.05, 4.69) is 58.2 Å². The highest BCUT2D eigenvalue weighted by atomic mass is 32.1. The minimum absolute atomic E-state index is 0.0386. The molecular weight excluding hydrogens is 392 g/mol. The summed E-state index contributed by atoms with van der Waals surface area (Å²) >= 11 is 1.83. The molecule has 150 valence electrons. The second-order valence-electron chi connectivity index (χ2n) is 7.62. The van der Waals surface area contributed by atoms with Gasteiger partial charge in [0.2, 0.25) is 0 Å². The Morgan fingerprint density at radius 1 is 1.10 bits per heavy atom. The van der Waals surface area contributed by atoms with Crippen LogP contribution in [0.1, 0.15) is 21.7 Å². The fourth-order valence-corrected chi connectivity index (χ4v) is 5.08. The van der Waals surface area contributed by atoms with Crippen molar-refractivity contribution >= 4 is 11.3 Å². The summed E-state index contributed by atoms with van der Waals surface area (Å²) in [6.07, 6.45) is 4.21. The Morgan fingerprint density at radius 2 is 1.93 bits per heavy atom.